The maximum Gasteiger partial charge on any atom is 0.264 e. The highest BCUT2D eigenvalue weighted by Crippen LogP contribution is 2.33. The molecule has 4 rings (SSSR count). The number of amides is 1. The number of ketones is 2. The Labute approximate surface area is 198 Å². The lowest BCUT2D eigenvalue weighted by Gasteiger charge is -2.12. The zero-order valence-electron chi connectivity index (χ0n) is 18.1. The number of hydrogen-bond acceptors (Lipinski definition) is 7. The largest absolute Gasteiger partial charge is 0.339 e. The maximum atomic E-state index is 13.8. The molecule has 11 heteroatoms. The van der Waals surface area contributed by atoms with Crippen molar-refractivity contribution in [2.24, 2.45) is 0 Å². The minimum Gasteiger partial charge on any atom is -0.339 e. The van der Waals surface area contributed by atoms with Gasteiger partial charge >= 0.3 is 0 Å². The second-order valence-electron chi connectivity index (χ2n) is 7.55. The summed E-state index contributed by atoms with van der Waals surface area (Å²) in [6.45, 7) is 1.01. The van der Waals surface area contributed by atoms with Crippen LogP contribution in [0.4, 0.5) is 20.2 Å². The molecule has 8 nitrogen and oxygen atoms in total. The normalized spacial score (nSPS) is 12.3. The monoisotopic (exact) mass is 497 g/mol. The van der Waals surface area contributed by atoms with Gasteiger partial charge in [0.05, 0.1) is 16.3 Å². The molecule has 35 heavy (non-hydrogen) atoms. The molecule has 0 spiro atoms. The fraction of sp³-hybridized carbons (Fsp3) is 0.0417. The first-order valence-corrected chi connectivity index (χ1v) is 11.6. The summed E-state index contributed by atoms with van der Waals surface area (Å²) in [6.07, 6.45) is 0. The molecule has 0 unspecified atom stereocenters. The summed E-state index contributed by atoms with van der Waals surface area (Å²) in [7, 11) is -4.27. The maximum absolute atomic E-state index is 13.8. The summed E-state index contributed by atoms with van der Waals surface area (Å²) < 4.78 is 54.2. The van der Waals surface area contributed by atoms with Gasteiger partial charge in [-0.2, -0.15) is 0 Å². The molecule has 3 aromatic carbocycles. The number of allylic oxidation sites excluding steroid dienone is 1. The smallest absolute Gasteiger partial charge is 0.264 e. The summed E-state index contributed by atoms with van der Waals surface area (Å²) in [6, 6.07) is 13.7. The number of halogens is 2. The molecule has 0 saturated carbocycles. The molecule has 0 fully saturated rings. The first kappa shape index (κ1) is 23.8. The van der Waals surface area contributed by atoms with Crippen molar-refractivity contribution in [2.45, 2.75) is 11.8 Å². The number of anilines is 2. The first-order valence-electron chi connectivity index (χ1n) is 10.1. The number of hydrogen-bond donors (Lipinski definition) is 3. The predicted molar refractivity (Wildman–Crippen MR) is 123 cm³/mol. The Balaban J connectivity index is 1.83. The van der Waals surface area contributed by atoms with Crippen LogP contribution in [0, 0.1) is 11.6 Å². The summed E-state index contributed by atoms with van der Waals surface area (Å²) in [5, 5.41) is 5.80. The van der Waals surface area contributed by atoms with E-state index in [0.717, 1.165) is 25.1 Å². The molecular weight excluding hydrogens is 480 g/mol. The molecule has 3 aromatic rings. The average Bonchev–Trinajstić information content (AvgIpc) is 3.21. The number of rotatable bonds is 6. The molecule has 0 saturated heterocycles. The van der Waals surface area contributed by atoms with Crippen LogP contribution in [0.25, 0.3) is 0 Å². The van der Waals surface area contributed by atoms with Crippen molar-refractivity contribution >= 4 is 38.9 Å². The Morgan fingerprint density at radius 3 is 1.91 bits per heavy atom. The lowest BCUT2D eigenvalue weighted by atomic mass is 9.95. The van der Waals surface area contributed by atoms with Gasteiger partial charge in [-0.3, -0.25) is 14.4 Å². The van der Waals surface area contributed by atoms with Gasteiger partial charge in [-0.05, 0) is 36.4 Å². The summed E-state index contributed by atoms with van der Waals surface area (Å²) >= 11 is 0. The highest BCUT2D eigenvalue weighted by atomic mass is 32.2. The van der Waals surface area contributed by atoms with Crippen LogP contribution in [-0.4, -0.2) is 25.9 Å². The highest BCUT2D eigenvalue weighted by Gasteiger charge is 2.30. The van der Waals surface area contributed by atoms with Gasteiger partial charge in [0, 0.05) is 24.1 Å². The summed E-state index contributed by atoms with van der Waals surface area (Å²) in [4.78, 5) is 37.8. The van der Waals surface area contributed by atoms with Crippen molar-refractivity contribution in [3.8, 4) is 0 Å². The second kappa shape index (κ2) is 9.11. The number of Topliss-reactive ketones (excluding diaryl/α,β-unsaturated/α-hetero) is 2. The van der Waals surface area contributed by atoms with Crippen molar-refractivity contribution in [1.82, 2.24) is 4.72 Å². The van der Waals surface area contributed by atoms with Gasteiger partial charge in [-0.1, -0.05) is 24.3 Å². The summed E-state index contributed by atoms with van der Waals surface area (Å²) in [5.74, 6) is -4.80. The SMILES string of the molecule is CC(=O)NS(=O)(=O)c1cccc(C(=O)C(C(=O)c2cc(F)cc(F)c2)=C2Nc3ccccc3N2)c1. The van der Waals surface area contributed by atoms with Crippen LogP contribution in [0.3, 0.4) is 0 Å². The Morgan fingerprint density at radius 2 is 1.34 bits per heavy atom. The van der Waals surface area contributed by atoms with E-state index < -0.39 is 50.3 Å². The lowest BCUT2D eigenvalue weighted by Crippen LogP contribution is -2.28. The minimum atomic E-state index is -4.27. The number of para-hydroxylation sites is 2. The van der Waals surface area contributed by atoms with Gasteiger partial charge in [0.25, 0.3) is 10.0 Å². The fourth-order valence-electron chi connectivity index (χ4n) is 3.48. The minimum absolute atomic E-state index is 0.0407. The van der Waals surface area contributed by atoms with Crippen LogP contribution in [0.5, 0.6) is 0 Å². The number of carbonyl (C=O) groups is 3. The van der Waals surface area contributed by atoms with Gasteiger partial charge in [-0.25, -0.2) is 21.9 Å². The molecule has 0 atom stereocenters. The third kappa shape index (κ3) is 4.94. The van der Waals surface area contributed by atoms with E-state index in [9.17, 15) is 31.6 Å². The third-order valence-electron chi connectivity index (χ3n) is 4.96. The molecule has 1 aliphatic rings. The average molecular weight is 497 g/mol. The van der Waals surface area contributed by atoms with Crippen molar-refractivity contribution in [3.05, 3.63) is 101 Å². The zero-order valence-corrected chi connectivity index (χ0v) is 18.9. The topological polar surface area (TPSA) is 121 Å². The molecular formula is C24H17F2N3O5S. The van der Waals surface area contributed by atoms with E-state index >= 15 is 0 Å². The fourth-order valence-corrected chi connectivity index (χ4v) is 4.52. The predicted octanol–water partition coefficient (Wildman–Crippen LogP) is 3.60. The number of nitrogens with one attached hydrogen (secondary N) is 3. The van der Waals surface area contributed by atoms with Gasteiger partial charge in [-0.15, -0.1) is 0 Å². The summed E-state index contributed by atoms with van der Waals surface area (Å²) in [5.41, 5.74) is -0.0232. The molecule has 3 N–H and O–H groups in total. The first-order chi connectivity index (χ1) is 16.5. The van der Waals surface area contributed by atoms with Gasteiger partial charge in [0.2, 0.25) is 17.5 Å². The van der Waals surface area contributed by atoms with E-state index in [1.807, 2.05) is 0 Å². The highest BCUT2D eigenvalue weighted by molar-refractivity contribution is 7.90. The number of benzene rings is 3. The molecule has 1 amide bonds. The Hall–Kier alpha value is -4.38. The molecule has 178 valence electrons. The molecule has 0 aliphatic carbocycles. The van der Waals surface area contributed by atoms with Crippen molar-refractivity contribution in [2.75, 3.05) is 10.6 Å². The number of fused-ring (bicyclic) bond motifs is 1. The van der Waals surface area contributed by atoms with E-state index in [1.54, 1.807) is 29.0 Å². The number of sulfonamides is 1. The van der Waals surface area contributed by atoms with Gasteiger partial charge in [0.1, 0.15) is 23.0 Å². The molecule has 1 aliphatic heterocycles. The molecule has 1 heterocycles. The van der Waals surface area contributed by atoms with E-state index in [4.69, 9.17) is 0 Å². The quantitative estimate of drug-likeness (QED) is 0.206. The van der Waals surface area contributed by atoms with Crippen LogP contribution in [-0.2, 0) is 14.8 Å². The lowest BCUT2D eigenvalue weighted by molar-refractivity contribution is -0.117. The molecule has 0 bridgehead atoms. The van der Waals surface area contributed by atoms with E-state index in [0.29, 0.717) is 17.4 Å². The van der Waals surface area contributed by atoms with E-state index in [1.165, 1.54) is 18.2 Å². The van der Waals surface area contributed by atoms with Crippen LogP contribution < -0.4 is 15.4 Å². The molecule has 0 radical (unpaired) electrons. The van der Waals surface area contributed by atoms with Gasteiger partial charge in [0.15, 0.2) is 0 Å². The molecule has 0 aromatic heterocycles. The van der Waals surface area contributed by atoms with Crippen LogP contribution in [0.2, 0.25) is 0 Å². The van der Waals surface area contributed by atoms with E-state index in [2.05, 4.69) is 10.6 Å². The zero-order chi connectivity index (χ0) is 25.3. The van der Waals surface area contributed by atoms with Crippen LogP contribution in [0.15, 0.2) is 83.0 Å². The van der Waals surface area contributed by atoms with Crippen molar-refractivity contribution in [3.63, 3.8) is 0 Å². The number of carbonyl (C=O) groups excluding carboxylic acids is 3. The van der Waals surface area contributed by atoms with Crippen molar-refractivity contribution < 1.29 is 31.6 Å². The van der Waals surface area contributed by atoms with Crippen LogP contribution in [0.1, 0.15) is 27.6 Å². The second-order valence-corrected chi connectivity index (χ2v) is 9.23. The Bertz CT molecular complexity index is 1490. The van der Waals surface area contributed by atoms with Crippen LogP contribution >= 0.6 is 0 Å². The van der Waals surface area contributed by atoms with E-state index in [-0.39, 0.29) is 16.3 Å². The third-order valence-corrected chi connectivity index (χ3v) is 6.39. The van der Waals surface area contributed by atoms with Gasteiger partial charge < -0.3 is 10.6 Å². The standard InChI is InChI=1S/C24H17F2N3O5S/c1-13(30)29-35(33,34)18-6-4-5-14(11-18)22(31)21(23(32)15-9-16(25)12-17(26)10-15)24-27-19-7-2-3-8-20(19)28-24/h2-12,27-28H,1H3,(H,29,30). The Kier molecular flexibility index (Phi) is 6.18. The van der Waals surface area contributed by atoms with Crippen molar-refractivity contribution in [1.29, 1.82) is 0 Å². The Morgan fingerprint density at radius 1 is 0.771 bits per heavy atom.